The molecular formula is C21H23N5O5S. The number of amides is 1. The van der Waals surface area contributed by atoms with Crippen LogP contribution in [0.2, 0.25) is 0 Å². The summed E-state index contributed by atoms with van der Waals surface area (Å²) in [6, 6.07) is 5.45. The molecule has 1 amide bonds. The molecule has 1 N–H and O–H groups in total. The molecule has 0 radical (unpaired) electrons. The van der Waals surface area contributed by atoms with Crippen LogP contribution < -0.4 is 30.9 Å². The van der Waals surface area contributed by atoms with Gasteiger partial charge in [0.1, 0.15) is 11.2 Å². The zero-order chi connectivity index (χ0) is 22.2. The lowest BCUT2D eigenvalue weighted by atomic mass is 10.2. The van der Waals surface area contributed by atoms with E-state index in [4.69, 9.17) is 9.47 Å². The summed E-state index contributed by atoms with van der Waals surface area (Å²) in [6.07, 6.45) is 2.15. The molecule has 0 unspecified atom stereocenters. The molecule has 5 rings (SSSR count). The first-order chi connectivity index (χ1) is 15.5. The highest BCUT2D eigenvalue weighted by Crippen LogP contribution is 2.32. The van der Waals surface area contributed by atoms with Crippen LogP contribution in [0.25, 0.3) is 10.3 Å². The molecule has 2 aromatic heterocycles. The van der Waals surface area contributed by atoms with Crippen molar-refractivity contribution in [3.8, 4) is 11.5 Å². The molecule has 32 heavy (non-hydrogen) atoms. The monoisotopic (exact) mass is 457 g/mol. The van der Waals surface area contributed by atoms with E-state index in [0.29, 0.717) is 16.2 Å². The molecule has 11 heteroatoms. The van der Waals surface area contributed by atoms with Gasteiger partial charge in [-0.25, -0.2) is 9.78 Å². The van der Waals surface area contributed by atoms with Crippen molar-refractivity contribution in [2.75, 3.05) is 24.8 Å². The van der Waals surface area contributed by atoms with Crippen LogP contribution in [0.4, 0.5) is 5.13 Å². The number of anilines is 1. The zero-order valence-corrected chi connectivity index (χ0v) is 18.4. The van der Waals surface area contributed by atoms with Crippen LogP contribution in [0.3, 0.4) is 0 Å². The number of thiazole rings is 1. The number of rotatable bonds is 6. The van der Waals surface area contributed by atoms with Crippen LogP contribution in [0.15, 0.2) is 27.8 Å². The third kappa shape index (κ3) is 3.62. The number of fused-ring (bicyclic) bond motifs is 2. The molecule has 1 aromatic carbocycles. The summed E-state index contributed by atoms with van der Waals surface area (Å²) < 4.78 is 13.5. The van der Waals surface area contributed by atoms with E-state index in [1.807, 2.05) is 12.1 Å². The molecule has 0 aliphatic carbocycles. The van der Waals surface area contributed by atoms with E-state index in [9.17, 15) is 14.4 Å². The van der Waals surface area contributed by atoms with Gasteiger partial charge >= 0.3 is 5.69 Å². The van der Waals surface area contributed by atoms with E-state index in [2.05, 4.69) is 15.2 Å². The number of carbonyl (C=O) groups excluding carboxylic acids is 1. The van der Waals surface area contributed by atoms with Crippen molar-refractivity contribution in [1.29, 1.82) is 0 Å². The average molecular weight is 458 g/mol. The molecule has 0 spiro atoms. The number of nitrogens with zero attached hydrogens (tertiary/aromatic N) is 4. The van der Waals surface area contributed by atoms with Gasteiger partial charge in [0.15, 0.2) is 22.3 Å². The fourth-order valence-electron chi connectivity index (χ4n) is 3.99. The second-order valence-electron chi connectivity index (χ2n) is 7.73. The molecule has 3 aromatic rings. The van der Waals surface area contributed by atoms with Crippen LogP contribution in [-0.4, -0.2) is 39.9 Å². The number of ether oxygens (including phenoxy) is 2. The van der Waals surface area contributed by atoms with Crippen LogP contribution in [0.1, 0.15) is 25.3 Å². The van der Waals surface area contributed by atoms with Crippen LogP contribution in [0, 0.1) is 0 Å². The highest BCUT2D eigenvalue weighted by molar-refractivity contribution is 7.22. The Morgan fingerprint density at radius 3 is 2.72 bits per heavy atom. The van der Waals surface area contributed by atoms with E-state index in [1.165, 1.54) is 15.9 Å². The van der Waals surface area contributed by atoms with Gasteiger partial charge in [-0.05, 0) is 37.5 Å². The molecule has 2 aliphatic rings. The van der Waals surface area contributed by atoms with Gasteiger partial charge in [-0.2, -0.15) is 0 Å². The quantitative estimate of drug-likeness (QED) is 0.594. The van der Waals surface area contributed by atoms with Crippen molar-refractivity contribution in [2.24, 2.45) is 0 Å². The third-order valence-corrected chi connectivity index (χ3v) is 6.77. The van der Waals surface area contributed by atoms with Crippen LogP contribution in [0.5, 0.6) is 11.5 Å². The smallest absolute Gasteiger partial charge is 0.333 e. The molecule has 1 saturated heterocycles. The Balaban J connectivity index is 1.41. The Morgan fingerprint density at radius 1 is 1.16 bits per heavy atom. The van der Waals surface area contributed by atoms with Crippen molar-refractivity contribution < 1.29 is 14.3 Å². The minimum Gasteiger partial charge on any atom is -0.454 e. The van der Waals surface area contributed by atoms with E-state index in [1.54, 1.807) is 13.0 Å². The minimum absolute atomic E-state index is 0.185. The number of hydrogen-bond acceptors (Lipinski definition) is 8. The zero-order valence-electron chi connectivity index (χ0n) is 17.6. The van der Waals surface area contributed by atoms with Crippen molar-refractivity contribution in [3.05, 3.63) is 44.6 Å². The molecular weight excluding hydrogens is 434 g/mol. The SMILES string of the molecule is CCn1c(=O)c2sc(N3CCCC3)nc2n(CC(=O)NCc2ccc3c(c2)OCO3)c1=O. The molecule has 168 valence electrons. The summed E-state index contributed by atoms with van der Waals surface area (Å²) in [5, 5.41) is 3.55. The summed E-state index contributed by atoms with van der Waals surface area (Å²) >= 11 is 1.29. The summed E-state index contributed by atoms with van der Waals surface area (Å²) in [5.74, 6) is 0.970. The largest absolute Gasteiger partial charge is 0.454 e. The van der Waals surface area contributed by atoms with Gasteiger partial charge in [-0.15, -0.1) is 0 Å². The lowest BCUT2D eigenvalue weighted by molar-refractivity contribution is -0.121. The molecule has 0 saturated carbocycles. The first-order valence-corrected chi connectivity index (χ1v) is 11.4. The highest BCUT2D eigenvalue weighted by atomic mass is 32.1. The summed E-state index contributed by atoms with van der Waals surface area (Å²) in [5.41, 5.74) is 0.243. The van der Waals surface area contributed by atoms with Crippen molar-refractivity contribution in [3.63, 3.8) is 0 Å². The highest BCUT2D eigenvalue weighted by Gasteiger charge is 2.23. The van der Waals surface area contributed by atoms with E-state index < -0.39 is 5.69 Å². The Morgan fingerprint density at radius 2 is 1.94 bits per heavy atom. The molecule has 2 aliphatic heterocycles. The molecule has 0 atom stereocenters. The summed E-state index contributed by atoms with van der Waals surface area (Å²) in [7, 11) is 0. The second kappa shape index (κ2) is 8.30. The van der Waals surface area contributed by atoms with Crippen molar-refractivity contribution in [2.45, 2.75) is 39.4 Å². The van der Waals surface area contributed by atoms with Gasteiger partial charge in [0.2, 0.25) is 12.7 Å². The predicted molar refractivity (Wildman–Crippen MR) is 120 cm³/mol. The van der Waals surface area contributed by atoms with Gasteiger partial charge in [0.05, 0.1) is 0 Å². The van der Waals surface area contributed by atoms with E-state index in [0.717, 1.165) is 41.2 Å². The van der Waals surface area contributed by atoms with Crippen LogP contribution >= 0.6 is 11.3 Å². The van der Waals surface area contributed by atoms with Gasteiger partial charge in [-0.3, -0.25) is 18.7 Å². The first-order valence-electron chi connectivity index (χ1n) is 10.6. The molecule has 1 fully saturated rings. The second-order valence-corrected chi connectivity index (χ2v) is 8.70. The maximum absolute atomic E-state index is 13.0. The lowest BCUT2D eigenvalue weighted by Gasteiger charge is -2.12. The number of benzene rings is 1. The maximum Gasteiger partial charge on any atom is 0.333 e. The van der Waals surface area contributed by atoms with E-state index in [-0.39, 0.29) is 43.5 Å². The Bertz CT molecular complexity index is 1300. The molecule has 4 heterocycles. The Hall–Kier alpha value is -3.34. The predicted octanol–water partition coefficient (Wildman–Crippen LogP) is 1.28. The first kappa shape index (κ1) is 20.6. The maximum atomic E-state index is 13.0. The Labute approximate surface area is 187 Å². The number of nitrogens with one attached hydrogen (secondary N) is 1. The normalized spacial score (nSPS) is 15.0. The third-order valence-electron chi connectivity index (χ3n) is 5.68. The van der Waals surface area contributed by atoms with Gasteiger partial charge in [-0.1, -0.05) is 17.4 Å². The van der Waals surface area contributed by atoms with Crippen LogP contribution in [-0.2, 0) is 24.4 Å². The number of aromatic nitrogens is 3. The summed E-state index contributed by atoms with van der Waals surface area (Å²) in [6.45, 7) is 3.96. The molecule has 0 bridgehead atoms. The Kier molecular flexibility index (Phi) is 5.33. The van der Waals surface area contributed by atoms with Gasteiger partial charge < -0.3 is 19.7 Å². The van der Waals surface area contributed by atoms with Gasteiger partial charge in [0.25, 0.3) is 5.56 Å². The topological polar surface area (TPSA) is 108 Å². The standard InChI is InChI=1S/C21H23N5O5S/c1-2-25-19(28)17-18(23-20(32-17)24-7-3-4-8-24)26(21(25)29)11-16(27)22-10-13-5-6-14-15(9-13)31-12-30-14/h5-6,9H,2-4,7-8,10-12H2,1H3,(H,22,27). The van der Waals surface area contributed by atoms with Crippen molar-refractivity contribution >= 4 is 32.7 Å². The van der Waals surface area contributed by atoms with Crippen molar-refractivity contribution in [1.82, 2.24) is 19.4 Å². The summed E-state index contributed by atoms with van der Waals surface area (Å²) in [4.78, 5) is 45.2. The average Bonchev–Trinajstić information content (AvgIpc) is 3.55. The fraction of sp³-hybridized carbons (Fsp3) is 0.429. The number of carbonyl (C=O) groups is 1. The van der Waals surface area contributed by atoms with E-state index >= 15 is 0 Å². The fourth-order valence-corrected chi connectivity index (χ4v) is 5.06. The minimum atomic E-state index is -0.526. The lowest BCUT2D eigenvalue weighted by Crippen LogP contribution is -2.42. The van der Waals surface area contributed by atoms with Gasteiger partial charge in [0, 0.05) is 26.2 Å². The molecule has 10 nitrogen and oxygen atoms in total. The number of hydrogen-bond donors (Lipinski definition) is 1.